The van der Waals surface area contributed by atoms with Gasteiger partial charge in [-0.05, 0) is 0 Å². The van der Waals surface area contributed by atoms with Crippen LogP contribution in [-0.2, 0) is 0 Å². The first-order valence-corrected chi connectivity index (χ1v) is 4.05. The van der Waals surface area contributed by atoms with E-state index in [1.807, 2.05) is 37.3 Å². The summed E-state index contributed by atoms with van der Waals surface area (Å²) < 4.78 is 0. The SMILES string of the molecule is CCCC([O-])c1ccccc1.[Na+]. The Morgan fingerprint density at radius 1 is 1.25 bits per heavy atom. The molecule has 0 saturated carbocycles. The minimum Gasteiger partial charge on any atom is -0.849 e. The van der Waals surface area contributed by atoms with Gasteiger partial charge in [0.15, 0.2) is 0 Å². The second-order valence-electron chi connectivity index (χ2n) is 2.69. The summed E-state index contributed by atoms with van der Waals surface area (Å²) >= 11 is 0. The fraction of sp³-hybridized carbons (Fsp3) is 0.400. The van der Waals surface area contributed by atoms with Crippen molar-refractivity contribution in [2.24, 2.45) is 0 Å². The molecule has 1 atom stereocenters. The molecule has 0 heterocycles. The van der Waals surface area contributed by atoms with Crippen molar-refractivity contribution in [3.05, 3.63) is 35.9 Å². The van der Waals surface area contributed by atoms with Crippen LogP contribution in [0.2, 0.25) is 0 Å². The molecule has 0 amide bonds. The Morgan fingerprint density at radius 2 is 1.83 bits per heavy atom. The molecule has 1 unspecified atom stereocenters. The maximum atomic E-state index is 11.3. The standard InChI is InChI=1S/C10H13O.Na/c1-2-6-10(11)9-7-4-3-5-8-9;/h3-5,7-8,10H,2,6H2,1H3;/q-1;+1. The average molecular weight is 172 g/mol. The molecule has 0 N–H and O–H groups in total. The number of hydrogen-bond acceptors (Lipinski definition) is 1. The Morgan fingerprint density at radius 3 is 2.33 bits per heavy atom. The number of benzene rings is 1. The van der Waals surface area contributed by atoms with E-state index < -0.39 is 6.10 Å². The first-order valence-electron chi connectivity index (χ1n) is 4.05. The van der Waals surface area contributed by atoms with Gasteiger partial charge in [0.2, 0.25) is 0 Å². The van der Waals surface area contributed by atoms with E-state index in [1.54, 1.807) is 0 Å². The average Bonchev–Trinajstić information content (AvgIpc) is 2.07. The van der Waals surface area contributed by atoms with Crippen LogP contribution in [0.25, 0.3) is 0 Å². The van der Waals surface area contributed by atoms with E-state index in [0.717, 1.165) is 18.4 Å². The zero-order chi connectivity index (χ0) is 8.10. The van der Waals surface area contributed by atoms with E-state index in [4.69, 9.17) is 0 Å². The third-order valence-electron chi connectivity index (χ3n) is 1.72. The zero-order valence-electron chi connectivity index (χ0n) is 7.79. The van der Waals surface area contributed by atoms with Crippen LogP contribution < -0.4 is 34.7 Å². The first kappa shape index (κ1) is 12.2. The second kappa shape index (κ2) is 6.67. The molecule has 1 rings (SSSR count). The maximum Gasteiger partial charge on any atom is 1.00 e. The van der Waals surface area contributed by atoms with Crippen LogP contribution in [0.3, 0.4) is 0 Å². The second-order valence-corrected chi connectivity index (χ2v) is 2.69. The van der Waals surface area contributed by atoms with E-state index in [2.05, 4.69) is 0 Å². The fourth-order valence-electron chi connectivity index (χ4n) is 1.10. The van der Waals surface area contributed by atoms with Crippen LogP contribution in [0.4, 0.5) is 0 Å². The third-order valence-corrected chi connectivity index (χ3v) is 1.72. The van der Waals surface area contributed by atoms with Crippen molar-refractivity contribution in [3.8, 4) is 0 Å². The van der Waals surface area contributed by atoms with Gasteiger partial charge in [0.05, 0.1) is 0 Å². The van der Waals surface area contributed by atoms with Crippen molar-refractivity contribution in [2.45, 2.75) is 25.9 Å². The van der Waals surface area contributed by atoms with E-state index in [0.29, 0.717) is 0 Å². The molecule has 0 fully saturated rings. The van der Waals surface area contributed by atoms with Crippen molar-refractivity contribution >= 4 is 0 Å². The molecule has 0 radical (unpaired) electrons. The molecule has 2 heteroatoms. The van der Waals surface area contributed by atoms with Gasteiger partial charge < -0.3 is 5.11 Å². The summed E-state index contributed by atoms with van der Waals surface area (Å²) in [7, 11) is 0. The maximum absolute atomic E-state index is 11.3. The van der Waals surface area contributed by atoms with Crippen LogP contribution >= 0.6 is 0 Å². The molecule has 1 nitrogen and oxygen atoms in total. The molecule has 0 aliphatic carbocycles. The van der Waals surface area contributed by atoms with Crippen LogP contribution in [-0.4, -0.2) is 0 Å². The summed E-state index contributed by atoms with van der Waals surface area (Å²) in [6, 6.07) is 9.55. The summed E-state index contributed by atoms with van der Waals surface area (Å²) in [6.07, 6.45) is 1.17. The topological polar surface area (TPSA) is 23.1 Å². The van der Waals surface area contributed by atoms with Gasteiger partial charge in [-0.1, -0.05) is 55.7 Å². The molecule has 0 aromatic heterocycles. The molecule has 60 valence electrons. The Labute approximate surface area is 96.1 Å². The van der Waals surface area contributed by atoms with Crippen LogP contribution in [0.15, 0.2) is 30.3 Å². The largest absolute Gasteiger partial charge is 1.00 e. The van der Waals surface area contributed by atoms with Gasteiger partial charge in [0.1, 0.15) is 0 Å². The normalized spacial score (nSPS) is 11.8. The zero-order valence-corrected chi connectivity index (χ0v) is 9.79. The van der Waals surface area contributed by atoms with Crippen LogP contribution in [0.1, 0.15) is 31.4 Å². The molecule has 0 bridgehead atoms. The predicted octanol–water partition coefficient (Wildman–Crippen LogP) is -1.11. The summed E-state index contributed by atoms with van der Waals surface area (Å²) in [5.41, 5.74) is 0.911. The van der Waals surface area contributed by atoms with Gasteiger partial charge >= 0.3 is 29.6 Å². The fourth-order valence-corrected chi connectivity index (χ4v) is 1.10. The predicted molar refractivity (Wildman–Crippen MR) is 44.1 cm³/mol. The van der Waals surface area contributed by atoms with Crippen molar-refractivity contribution in [1.82, 2.24) is 0 Å². The Bertz CT molecular complexity index is 198. The molecule has 0 aliphatic heterocycles. The summed E-state index contributed by atoms with van der Waals surface area (Å²) in [5.74, 6) is 0. The van der Waals surface area contributed by atoms with E-state index in [9.17, 15) is 5.11 Å². The summed E-state index contributed by atoms with van der Waals surface area (Å²) in [4.78, 5) is 0. The Kier molecular flexibility index (Phi) is 6.77. The summed E-state index contributed by atoms with van der Waals surface area (Å²) in [6.45, 7) is 2.04. The smallest absolute Gasteiger partial charge is 0.849 e. The number of rotatable bonds is 3. The summed E-state index contributed by atoms with van der Waals surface area (Å²) in [5, 5.41) is 11.3. The van der Waals surface area contributed by atoms with E-state index in [1.165, 1.54) is 0 Å². The van der Waals surface area contributed by atoms with Gasteiger partial charge in [-0.2, -0.15) is 0 Å². The van der Waals surface area contributed by atoms with Gasteiger partial charge in [-0.25, -0.2) is 0 Å². The number of hydrogen-bond donors (Lipinski definition) is 0. The van der Waals surface area contributed by atoms with Gasteiger partial charge in [0, 0.05) is 0 Å². The monoisotopic (exact) mass is 172 g/mol. The molecule has 1 aromatic carbocycles. The van der Waals surface area contributed by atoms with Gasteiger partial charge in [0.25, 0.3) is 0 Å². The first-order chi connectivity index (χ1) is 5.34. The van der Waals surface area contributed by atoms with Gasteiger partial charge in [-0.15, -0.1) is 6.10 Å². The molecule has 0 aliphatic rings. The van der Waals surface area contributed by atoms with Gasteiger partial charge in [-0.3, -0.25) is 0 Å². The van der Waals surface area contributed by atoms with Crippen LogP contribution in [0, 0.1) is 0 Å². The minimum absolute atomic E-state index is 0. The quantitative estimate of drug-likeness (QED) is 0.530. The molecule has 12 heavy (non-hydrogen) atoms. The van der Waals surface area contributed by atoms with Crippen molar-refractivity contribution in [3.63, 3.8) is 0 Å². The van der Waals surface area contributed by atoms with E-state index in [-0.39, 0.29) is 29.6 Å². The molecule has 1 aromatic rings. The van der Waals surface area contributed by atoms with Crippen LogP contribution in [0.5, 0.6) is 0 Å². The van der Waals surface area contributed by atoms with Crippen molar-refractivity contribution < 1.29 is 34.7 Å². The molecule has 0 saturated heterocycles. The minimum atomic E-state index is -0.527. The van der Waals surface area contributed by atoms with E-state index >= 15 is 0 Å². The van der Waals surface area contributed by atoms with Crippen molar-refractivity contribution in [1.29, 1.82) is 0 Å². The molecular formula is C10H13NaO. The Hall–Kier alpha value is 0.180. The molecular weight excluding hydrogens is 159 g/mol. The third kappa shape index (κ3) is 3.72. The van der Waals surface area contributed by atoms with Crippen molar-refractivity contribution in [2.75, 3.05) is 0 Å². The molecule has 0 spiro atoms. The Balaban J connectivity index is 0.00000121.